The van der Waals surface area contributed by atoms with Gasteiger partial charge >= 0.3 is 0 Å². The van der Waals surface area contributed by atoms with Gasteiger partial charge in [0.15, 0.2) is 5.16 Å². The molecule has 0 fully saturated rings. The molecule has 0 saturated heterocycles. The molecular formula is C24H21N5O2S2. The summed E-state index contributed by atoms with van der Waals surface area (Å²) in [6.45, 7) is 2.49. The highest BCUT2D eigenvalue weighted by Gasteiger charge is 2.18. The van der Waals surface area contributed by atoms with Gasteiger partial charge in [-0.2, -0.15) is 0 Å². The molecule has 0 bridgehead atoms. The molecule has 1 N–H and O–H groups in total. The van der Waals surface area contributed by atoms with Crippen LogP contribution >= 0.6 is 23.1 Å². The smallest absolute Gasteiger partial charge is 0.273 e. The molecule has 0 radical (unpaired) electrons. The summed E-state index contributed by atoms with van der Waals surface area (Å²) in [7, 11) is 0. The van der Waals surface area contributed by atoms with E-state index in [1.165, 1.54) is 28.7 Å². The zero-order chi connectivity index (χ0) is 22.8. The summed E-state index contributed by atoms with van der Waals surface area (Å²) in [5, 5.41) is 14.0. The van der Waals surface area contributed by atoms with Crippen LogP contribution in [0.4, 0.5) is 5.69 Å². The second kappa shape index (κ2) is 9.21. The van der Waals surface area contributed by atoms with Crippen molar-refractivity contribution in [3.05, 3.63) is 87.5 Å². The van der Waals surface area contributed by atoms with Crippen LogP contribution in [-0.2, 0) is 17.8 Å². The Kier molecular flexibility index (Phi) is 5.97. The van der Waals surface area contributed by atoms with Crippen molar-refractivity contribution in [2.45, 2.75) is 25.0 Å². The number of benzene rings is 2. The third kappa shape index (κ3) is 4.29. The van der Waals surface area contributed by atoms with E-state index in [2.05, 4.69) is 22.4 Å². The Bertz CT molecular complexity index is 1490. The SMILES string of the molecule is CCc1ccc(NC(=O)CSc2nnc3n(Cc4ccccc4)c(=O)c4sccc4n23)cc1. The van der Waals surface area contributed by atoms with Crippen LogP contribution in [0.3, 0.4) is 0 Å². The van der Waals surface area contributed by atoms with Gasteiger partial charge in [0.05, 0.1) is 17.8 Å². The first-order valence-corrected chi connectivity index (χ1v) is 12.4. The number of anilines is 1. The minimum absolute atomic E-state index is 0.0893. The van der Waals surface area contributed by atoms with E-state index in [4.69, 9.17) is 0 Å². The first kappa shape index (κ1) is 21.4. The molecule has 2 aromatic carbocycles. The maximum atomic E-state index is 13.2. The molecule has 33 heavy (non-hydrogen) atoms. The summed E-state index contributed by atoms with van der Waals surface area (Å²) in [5.41, 5.74) is 3.66. The molecule has 0 saturated carbocycles. The van der Waals surface area contributed by atoms with Gasteiger partial charge in [-0.15, -0.1) is 21.5 Å². The predicted octanol–water partition coefficient (Wildman–Crippen LogP) is 4.45. The molecule has 7 nitrogen and oxygen atoms in total. The minimum atomic E-state index is -0.125. The van der Waals surface area contributed by atoms with Crippen LogP contribution in [0.2, 0.25) is 0 Å². The number of hydrogen-bond acceptors (Lipinski definition) is 6. The van der Waals surface area contributed by atoms with Crippen molar-refractivity contribution >= 4 is 50.7 Å². The van der Waals surface area contributed by atoms with Crippen molar-refractivity contribution in [3.8, 4) is 0 Å². The van der Waals surface area contributed by atoms with Gasteiger partial charge in [0.2, 0.25) is 11.7 Å². The van der Waals surface area contributed by atoms with E-state index in [-0.39, 0.29) is 17.2 Å². The van der Waals surface area contributed by atoms with Crippen LogP contribution < -0.4 is 10.9 Å². The Morgan fingerprint density at radius 3 is 2.58 bits per heavy atom. The molecule has 0 aliphatic heterocycles. The number of thioether (sulfide) groups is 1. The van der Waals surface area contributed by atoms with Gasteiger partial charge in [0, 0.05) is 5.69 Å². The number of carbonyl (C=O) groups is 1. The number of aromatic nitrogens is 4. The Balaban J connectivity index is 1.43. The average molecular weight is 476 g/mol. The minimum Gasteiger partial charge on any atom is -0.325 e. The summed E-state index contributed by atoms with van der Waals surface area (Å²) in [6.07, 6.45) is 0.955. The van der Waals surface area contributed by atoms with Crippen molar-refractivity contribution in [2.24, 2.45) is 0 Å². The van der Waals surface area contributed by atoms with Crippen molar-refractivity contribution < 1.29 is 4.79 Å². The van der Waals surface area contributed by atoms with E-state index < -0.39 is 0 Å². The third-order valence-electron chi connectivity index (χ3n) is 5.34. The largest absolute Gasteiger partial charge is 0.325 e. The lowest BCUT2D eigenvalue weighted by Gasteiger charge is -2.09. The molecule has 5 aromatic rings. The number of hydrogen-bond donors (Lipinski definition) is 1. The number of nitrogens with zero attached hydrogens (tertiary/aromatic N) is 4. The molecule has 166 valence electrons. The van der Waals surface area contributed by atoms with Gasteiger partial charge in [-0.1, -0.05) is 61.2 Å². The lowest BCUT2D eigenvalue weighted by Crippen LogP contribution is -2.23. The maximum absolute atomic E-state index is 13.2. The van der Waals surface area contributed by atoms with Crippen molar-refractivity contribution in [1.82, 2.24) is 19.2 Å². The summed E-state index contributed by atoms with van der Waals surface area (Å²) in [6, 6.07) is 19.5. The predicted molar refractivity (Wildman–Crippen MR) is 133 cm³/mol. The Hall–Kier alpha value is -3.43. The Labute approximate surface area is 198 Å². The molecule has 0 aliphatic rings. The topological polar surface area (TPSA) is 81.3 Å². The summed E-state index contributed by atoms with van der Waals surface area (Å²) in [4.78, 5) is 25.7. The van der Waals surface area contributed by atoms with E-state index >= 15 is 0 Å². The lowest BCUT2D eigenvalue weighted by atomic mass is 10.1. The van der Waals surface area contributed by atoms with Gasteiger partial charge in [0.1, 0.15) is 4.70 Å². The van der Waals surface area contributed by atoms with Crippen molar-refractivity contribution in [3.63, 3.8) is 0 Å². The van der Waals surface area contributed by atoms with Crippen molar-refractivity contribution in [1.29, 1.82) is 0 Å². The molecule has 1 amide bonds. The van der Waals surface area contributed by atoms with Gasteiger partial charge in [-0.25, -0.2) is 0 Å². The van der Waals surface area contributed by atoms with E-state index in [1.54, 1.807) is 4.57 Å². The maximum Gasteiger partial charge on any atom is 0.273 e. The summed E-state index contributed by atoms with van der Waals surface area (Å²) >= 11 is 2.69. The number of thiophene rings is 1. The quantitative estimate of drug-likeness (QED) is 0.352. The number of carbonyl (C=O) groups excluding carboxylic acids is 1. The first-order valence-electron chi connectivity index (χ1n) is 10.5. The molecule has 0 atom stereocenters. The van der Waals surface area contributed by atoms with Crippen molar-refractivity contribution in [2.75, 3.05) is 11.1 Å². The highest BCUT2D eigenvalue weighted by molar-refractivity contribution is 7.99. The molecule has 0 aliphatic carbocycles. The number of rotatable bonds is 7. The standard InChI is InChI=1S/C24H21N5O2S2/c1-2-16-8-10-18(11-9-16)25-20(30)15-33-24-27-26-23-28(14-17-6-4-3-5-7-17)22(31)21-19(29(23)24)12-13-32-21/h3-13H,2,14-15H2,1H3,(H,25,30). The van der Waals surface area contributed by atoms with Crippen LogP contribution in [0.15, 0.2) is 76.0 Å². The molecular weight excluding hydrogens is 454 g/mol. The van der Waals surface area contributed by atoms with E-state index in [0.29, 0.717) is 22.2 Å². The van der Waals surface area contributed by atoms with Crippen LogP contribution in [0.25, 0.3) is 16.0 Å². The van der Waals surface area contributed by atoms with Gasteiger partial charge in [-0.3, -0.25) is 18.6 Å². The normalized spacial score (nSPS) is 11.3. The fourth-order valence-electron chi connectivity index (χ4n) is 3.65. The van der Waals surface area contributed by atoms with Gasteiger partial charge in [-0.05, 0) is 41.1 Å². The zero-order valence-corrected chi connectivity index (χ0v) is 19.5. The molecule has 0 spiro atoms. The van der Waals surface area contributed by atoms with E-state index in [9.17, 15) is 9.59 Å². The van der Waals surface area contributed by atoms with E-state index in [1.807, 2.05) is 70.4 Å². The van der Waals surface area contributed by atoms with Gasteiger partial charge < -0.3 is 5.32 Å². The highest BCUT2D eigenvalue weighted by atomic mass is 32.2. The number of fused-ring (bicyclic) bond motifs is 3. The molecule has 3 heterocycles. The zero-order valence-electron chi connectivity index (χ0n) is 17.9. The summed E-state index contributed by atoms with van der Waals surface area (Å²) < 4.78 is 4.14. The second-order valence-electron chi connectivity index (χ2n) is 7.52. The number of aryl methyl sites for hydroxylation is 1. The fourth-order valence-corrected chi connectivity index (χ4v) is 5.22. The monoisotopic (exact) mass is 475 g/mol. The fraction of sp³-hybridized carbons (Fsp3) is 0.167. The second-order valence-corrected chi connectivity index (χ2v) is 9.38. The highest BCUT2D eigenvalue weighted by Crippen LogP contribution is 2.25. The van der Waals surface area contributed by atoms with Crippen LogP contribution in [0, 0.1) is 0 Å². The lowest BCUT2D eigenvalue weighted by molar-refractivity contribution is -0.113. The Morgan fingerprint density at radius 1 is 1.03 bits per heavy atom. The molecule has 3 aromatic heterocycles. The number of amides is 1. The molecule has 9 heteroatoms. The average Bonchev–Trinajstić information content (AvgIpc) is 3.49. The van der Waals surface area contributed by atoms with Crippen LogP contribution in [0.5, 0.6) is 0 Å². The first-order chi connectivity index (χ1) is 16.1. The molecule has 0 unspecified atom stereocenters. The van der Waals surface area contributed by atoms with E-state index in [0.717, 1.165) is 23.2 Å². The molecule has 5 rings (SSSR count). The summed E-state index contributed by atoms with van der Waals surface area (Å²) in [5.74, 6) is 0.521. The Morgan fingerprint density at radius 2 is 1.82 bits per heavy atom. The third-order valence-corrected chi connectivity index (χ3v) is 7.16. The van der Waals surface area contributed by atoms with Crippen LogP contribution in [0.1, 0.15) is 18.1 Å². The van der Waals surface area contributed by atoms with Crippen LogP contribution in [-0.4, -0.2) is 30.8 Å². The van der Waals surface area contributed by atoms with Gasteiger partial charge in [0.25, 0.3) is 5.56 Å². The number of nitrogens with one attached hydrogen (secondary N) is 1.